The Balaban J connectivity index is 1.92. The minimum Gasteiger partial charge on any atom is -0.465 e. The van der Waals surface area contributed by atoms with E-state index in [1.54, 1.807) is 6.92 Å². The number of hydrogen-bond acceptors (Lipinski definition) is 6. The van der Waals surface area contributed by atoms with E-state index in [9.17, 15) is 26.4 Å². The van der Waals surface area contributed by atoms with Crippen LogP contribution in [0.3, 0.4) is 0 Å². The van der Waals surface area contributed by atoms with Gasteiger partial charge in [0.2, 0.25) is 10.0 Å². The van der Waals surface area contributed by atoms with Gasteiger partial charge in [-0.2, -0.15) is 0 Å². The summed E-state index contributed by atoms with van der Waals surface area (Å²) in [5.74, 6) is -0.620. The van der Waals surface area contributed by atoms with E-state index < -0.39 is 22.4 Å². The van der Waals surface area contributed by atoms with Crippen LogP contribution >= 0.6 is 11.8 Å². The molecule has 0 radical (unpaired) electrons. The highest BCUT2D eigenvalue weighted by molar-refractivity contribution is 7.99. The lowest BCUT2D eigenvalue weighted by molar-refractivity contribution is -0.274. The standard InChI is InChI=1S/C18H18F3NO5S2/c1-12-3-8-15(11-16(12)17(23)26-2)29(24,25)22-9-10-28-14-6-4-13(5-7-14)27-18(19,20)21/h3-8,11,22H,9-10H2,1-2H3. The van der Waals surface area contributed by atoms with Crippen LogP contribution in [0.4, 0.5) is 13.2 Å². The zero-order chi connectivity index (χ0) is 21.7. The Bertz CT molecular complexity index is 960. The van der Waals surface area contributed by atoms with E-state index in [-0.39, 0.29) is 22.8 Å². The Morgan fingerprint density at radius 2 is 1.79 bits per heavy atom. The van der Waals surface area contributed by atoms with Crippen molar-refractivity contribution in [3.8, 4) is 5.75 Å². The number of hydrogen-bond donors (Lipinski definition) is 1. The Morgan fingerprint density at radius 3 is 2.38 bits per heavy atom. The first-order valence-corrected chi connectivity index (χ1v) is 10.7. The number of carbonyl (C=O) groups is 1. The molecule has 0 atom stereocenters. The lowest BCUT2D eigenvalue weighted by Gasteiger charge is -2.10. The summed E-state index contributed by atoms with van der Waals surface area (Å²) in [6, 6.07) is 9.40. The van der Waals surface area contributed by atoms with Crippen molar-refractivity contribution in [1.82, 2.24) is 4.72 Å². The minimum absolute atomic E-state index is 0.0675. The summed E-state index contributed by atoms with van der Waals surface area (Å²) in [5.41, 5.74) is 0.746. The Kier molecular flexibility index (Phi) is 7.55. The summed E-state index contributed by atoms with van der Waals surface area (Å²) in [5, 5.41) is 0. The average Bonchev–Trinajstić information content (AvgIpc) is 2.65. The van der Waals surface area contributed by atoms with Crippen molar-refractivity contribution < 1.29 is 35.9 Å². The van der Waals surface area contributed by atoms with Gasteiger partial charge >= 0.3 is 12.3 Å². The summed E-state index contributed by atoms with van der Waals surface area (Å²) in [6.45, 7) is 1.74. The van der Waals surface area contributed by atoms with Crippen molar-refractivity contribution >= 4 is 27.8 Å². The van der Waals surface area contributed by atoms with Crippen molar-refractivity contribution in [2.75, 3.05) is 19.4 Å². The van der Waals surface area contributed by atoms with Crippen molar-refractivity contribution in [2.45, 2.75) is 23.1 Å². The van der Waals surface area contributed by atoms with Crippen LogP contribution in [-0.2, 0) is 14.8 Å². The molecule has 2 rings (SSSR count). The number of benzene rings is 2. The molecule has 0 saturated heterocycles. The molecule has 0 aliphatic rings. The van der Waals surface area contributed by atoms with Crippen LogP contribution in [0.2, 0.25) is 0 Å². The van der Waals surface area contributed by atoms with Crippen molar-refractivity contribution in [3.63, 3.8) is 0 Å². The van der Waals surface area contributed by atoms with E-state index in [0.29, 0.717) is 16.2 Å². The monoisotopic (exact) mass is 449 g/mol. The van der Waals surface area contributed by atoms with Gasteiger partial charge in [0.1, 0.15) is 5.75 Å². The number of ether oxygens (including phenoxy) is 2. The predicted octanol–water partition coefficient (Wildman–Crippen LogP) is 3.75. The van der Waals surface area contributed by atoms with Crippen LogP contribution in [0, 0.1) is 6.92 Å². The highest BCUT2D eigenvalue weighted by atomic mass is 32.2. The molecule has 0 bridgehead atoms. The highest BCUT2D eigenvalue weighted by Crippen LogP contribution is 2.26. The van der Waals surface area contributed by atoms with Gasteiger partial charge in [-0.1, -0.05) is 6.07 Å². The van der Waals surface area contributed by atoms with Crippen molar-refractivity contribution in [1.29, 1.82) is 0 Å². The number of thioether (sulfide) groups is 1. The summed E-state index contributed by atoms with van der Waals surface area (Å²) in [4.78, 5) is 12.3. The number of methoxy groups -OCH3 is 1. The van der Waals surface area contributed by atoms with E-state index in [4.69, 9.17) is 0 Å². The smallest absolute Gasteiger partial charge is 0.465 e. The maximum absolute atomic E-state index is 12.4. The molecule has 0 spiro atoms. The molecule has 11 heteroatoms. The first-order chi connectivity index (χ1) is 13.5. The number of sulfonamides is 1. The van der Waals surface area contributed by atoms with Crippen LogP contribution < -0.4 is 9.46 Å². The van der Waals surface area contributed by atoms with Gasteiger partial charge in [-0.05, 0) is 48.9 Å². The van der Waals surface area contributed by atoms with Gasteiger partial charge in [-0.25, -0.2) is 17.9 Å². The molecule has 0 amide bonds. The summed E-state index contributed by atoms with van der Waals surface area (Å²) in [7, 11) is -2.63. The third-order valence-corrected chi connectivity index (χ3v) is 6.12. The summed E-state index contributed by atoms with van der Waals surface area (Å²) < 4.78 is 72.0. The average molecular weight is 449 g/mol. The predicted molar refractivity (Wildman–Crippen MR) is 102 cm³/mol. The fourth-order valence-electron chi connectivity index (χ4n) is 2.26. The Labute approximate surface area is 170 Å². The van der Waals surface area contributed by atoms with E-state index in [2.05, 4.69) is 14.2 Å². The van der Waals surface area contributed by atoms with Gasteiger partial charge < -0.3 is 9.47 Å². The normalized spacial score (nSPS) is 11.9. The molecule has 0 fully saturated rings. The molecular formula is C18H18F3NO5S2. The van der Waals surface area contributed by atoms with Crippen LogP contribution in [0.1, 0.15) is 15.9 Å². The Hall–Kier alpha value is -2.24. The number of halogens is 3. The summed E-state index contributed by atoms with van der Waals surface area (Å²) in [6.07, 6.45) is -4.75. The molecular weight excluding hydrogens is 431 g/mol. The molecule has 0 saturated carbocycles. The maximum Gasteiger partial charge on any atom is 0.573 e. The highest BCUT2D eigenvalue weighted by Gasteiger charge is 2.30. The third-order valence-electron chi connectivity index (χ3n) is 3.64. The molecule has 0 unspecified atom stereocenters. The van der Waals surface area contributed by atoms with Gasteiger partial charge in [0.15, 0.2) is 0 Å². The molecule has 0 aliphatic heterocycles. The first-order valence-electron chi connectivity index (χ1n) is 8.19. The molecule has 0 aromatic heterocycles. The zero-order valence-corrected chi connectivity index (χ0v) is 17.1. The van der Waals surface area contributed by atoms with E-state index in [0.717, 1.165) is 0 Å². The van der Waals surface area contributed by atoms with E-state index >= 15 is 0 Å². The molecule has 29 heavy (non-hydrogen) atoms. The van der Waals surface area contributed by atoms with Gasteiger partial charge in [0.25, 0.3) is 0 Å². The van der Waals surface area contributed by atoms with Crippen LogP contribution in [0.15, 0.2) is 52.3 Å². The zero-order valence-electron chi connectivity index (χ0n) is 15.4. The maximum atomic E-state index is 12.4. The van der Waals surface area contributed by atoms with Crippen LogP contribution in [-0.4, -0.2) is 40.2 Å². The quantitative estimate of drug-likeness (QED) is 0.376. The fraction of sp³-hybridized carbons (Fsp3) is 0.278. The first kappa shape index (κ1) is 23.0. The third kappa shape index (κ3) is 6.94. The number of nitrogens with one attached hydrogen (secondary N) is 1. The largest absolute Gasteiger partial charge is 0.573 e. The number of aryl methyl sites for hydroxylation is 1. The molecule has 0 aliphatic carbocycles. The van der Waals surface area contributed by atoms with Gasteiger partial charge in [0.05, 0.1) is 17.6 Å². The lowest BCUT2D eigenvalue weighted by Crippen LogP contribution is -2.26. The molecule has 2 aromatic rings. The second-order valence-electron chi connectivity index (χ2n) is 5.73. The number of esters is 1. The van der Waals surface area contributed by atoms with E-state index in [1.165, 1.54) is 61.3 Å². The van der Waals surface area contributed by atoms with Crippen LogP contribution in [0.25, 0.3) is 0 Å². The SMILES string of the molecule is COC(=O)c1cc(S(=O)(=O)NCCSc2ccc(OC(F)(F)F)cc2)ccc1C. The summed E-state index contributed by atoms with van der Waals surface area (Å²) >= 11 is 1.26. The number of rotatable bonds is 8. The number of alkyl halides is 3. The topological polar surface area (TPSA) is 81.7 Å². The van der Waals surface area contributed by atoms with Crippen molar-refractivity contribution in [2.24, 2.45) is 0 Å². The number of carbonyl (C=O) groups excluding carboxylic acids is 1. The second kappa shape index (κ2) is 9.51. The molecule has 0 heterocycles. The van der Waals surface area contributed by atoms with Gasteiger partial charge in [0, 0.05) is 17.2 Å². The van der Waals surface area contributed by atoms with Gasteiger partial charge in [-0.15, -0.1) is 24.9 Å². The lowest BCUT2D eigenvalue weighted by atomic mass is 10.1. The second-order valence-corrected chi connectivity index (χ2v) is 8.67. The minimum atomic E-state index is -4.75. The fourth-order valence-corrected chi connectivity index (χ4v) is 4.22. The van der Waals surface area contributed by atoms with E-state index in [1.807, 2.05) is 0 Å². The molecule has 158 valence electrons. The molecule has 1 N–H and O–H groups in total. The van der Waals surface area contributed by atoms with Gasteiger partial charge in [-0.3, -0.25) is 0 Å². The van der Waals surface area contributed by atoms with Crippen LogP contribution in [0.5, 0.6) is 5.75 Å². The molecule has 6 nitrogen and oxygen atoms in total. The Morgan fingerprint density at radius 1 is 1.14 bits per heavy atom. The molecule has 2 aromatic carbocycles. The van der Waals surface area contributed by atoms with Crippen molar-refractivity contribution in [3.05, 3.63) is 53.6 Å².